The van der Waals surface area contributed by atoms with E-state index >= 15 is 0 Å². The van der Waals surface area contributed by atoms with Crippen LogP contribution >= 0.6 is 27.7 Å². The summed E-state index contributed by atoms with van der Waals surface area (Å²) in [5.41, 5.74) is 0. The van der Waals surface area contributed by atoms with Crippen LogP contribution in [0, 0.1) is 0 Å². The molecule has 88 valence electrons. The van der Waals surface area contributed by atoms with E-state index in [1.165, 1.54) is 0 Å². The van der Waals surface area contributed by atoms with Gasteiger partial charge in [0.25, 0.3) is 0 Å². The lowest BCUT2D eigenvalue weighted by atomic mass is 10.3. The van der Waals surface area contributed by atoms with Crippen molar-refractivity contribution in [1.82, 2.24) is 4.98 Å². The van der Waals surface area contributed by atoms with Crippen molar-refractivity contribution in [1.29, 1.82) is 0 Å². The van der Waals surface area contributed by atoms with Gasteiger partial charge in [-0.2, -0.15) is 0 Å². The monoisotopic (exact) mass is 305 g/mol. The van der Waals surface area contributed by atoms with Gasteiger partial charge < -0.3 is 14.2 Å². The van der Waals surface area contributed by atoms with E-state index in [1.807, 2.05) is 12.3 Å². The van der Waals surface area contributed by atoms with Crippen molar-refractivity contribution < 1.29 is 14.2 Å². The molecule has 2 heterocycles. The van der Waals surface area contributed by atoms with Crippen LogP contribution < -0.4 is 9.47 Å². The number of halogens is 1. The Bertz CT molecular complexity index is 389. The summed E-state index contributed by atoms with van der Waals surface area (Å²) in [6, 6.07) is 1.88. The van der Waals surface area contributed by atoms with Crippen molar-refractivity contribution in [3.63, 3.8) is 0 Å². The van der Waals surface area contributed by atoms with Crippen molar-refractivity contribution in [2.24, 2.45) is 0 Å². The first kappa shape index (κ1) is 12.0. The maximum atomic E-state index is 5.76. The van der Waals surface area contributed by atoms with E-state index in [1.54, 1.807) is 18.9 Å². The van der Waals surface area contributed by atoms with Gasteiger partial charge in [-0.1, -0.05) is 0 Å². The number of hydrogen-bond acceptors (Lipinski definition) is 5. The number of hydrogen-bond donors (Lipinski definition) is 0. The predicted octanol–water partition coefficient (Wildman–Crippen LogP) is 2.35. The standard InChI is InChI=1S/C10H12BrNO3S/c1-13-4-6-5-14-9-7(15-6)3-8(16-2)12-10(9)11/h3,6H,4-5H2,1-2H3. The van der Waals surface area contributed by atoms with Crippen LogP contribution in [-0.2, 0) is 4.74 Å². The second-order valence-electron chi connectivity index (χ2n) is 3.29. The van der Waals surface area contributed by atoms with Crippen molar-refractivity contribution in [2.45, 2.75) is 11.1 Å². The van der Waals surface area contributed by atoms with Crippen molar-refractivity contribution in [3.8, 4) is 11.5 Å². The van der Waals surface area contributed by atoms with Gasteiger partial charge >= 0.3 is 0 Å². The number of ether oxygens (including phenoxy) is 3. The van der Waals surface area contributed by atoms with Gasteiger partial charge in [0, 0.05) is 13.2 Å². The van der Waals surface area contributed by atoms with Gasteiger partial charge in [0.1, 0.15) is 11.6 Å². The molecule has 1 unspecified atom stereocenters. The molecule has 6 heteroatoms. The maximum Gasteiger partial charge on any atom is 0.194 e. The largest absolute Gasteiger partial charge is 0.483 e. The topological polar surface area (TPSA) is 40.6 Å². The van der Waals surface area contributed by atoms with E-state index in [9.17, 15) is 0 Å². The van der Waals surface area contributed by atoms with Crippen LogP contribution in [0.2, 0.25) is 0 Å². The SMILES string of the molecule is COCC1COc2c(cc(SC)nc2Br)O1. The number of fused-ring (bicyclic) bond motifs is 1. The van der Waals surface area contributed by atoms with E-state index in [-0.39, 0.29) is 6.10 Å². The molecule has 0 spiro atoms. The fourth-order valence-electron chi connectivity index (χ4n) is 1.44. The number of pyridine rings is 1. The molecule has 1 aliphatic heterocycles. The highest BCUT2D eigenvalue weighted by Gasteiger charge is 2.24. The summed E-state index contributed by atoms with van der Waals surface area (Å²) in [5, 5.41) is 0.896. The Labute approximate surface area is 107 Å². The molecule has 0 saturated carbocycles. The van der Waals surface area contributed by atoms with E-state index in [4.69, 9.17) is 14.2 Å². The summed E-state index contributed by atoms with van der Waals surface area (Å²) >= 11 is 4.93. The van der Waals surface area contributed by atoms with Crippen molar-refractivity contribution in [3.05, 3.63) is 10.7 Å². The summed E-state index contributed by atoms with van der Waals surface area (Å²) in [5.74, 6) is 1.39. The summed E-state index contributed by atoms with van der Waals surface area (Å²) < 4.78 is 17.1. The second-order valence-corrected chi connectivity index (χ2v) is 4.87. The zero-order valence-corrected chi connectivity index (χ0v) is 11.4. The number of rotatable bonds is 3. The summed E-state index contributed by atoms with van der Waals surface area (Å²) in [4.78, 5) is 4.32. The number of aromatic nitrogens is 1. The van der Waals surface area contributed by atoms with E-state index in [0.29, 0.717) is 23.6 Å². The molecular weight excluding hydrogens is 294 g/mol. The molecule has 0 N–H and O–H groups in total. The third kappa shape index (κ3) is 2.44. The van der Waals surface area contributed by atoms with Crippen LogP contribution in [0.25, 0.3) is 0 Å². The minimum Gasteiger partial charge on any atom is -0.483 e. The molecule has 0 aromatic carbocycles. The molecule has 1 aromatic heterocycles. The zero-order chi connectivity index (χ0) is 11.5. The average molecular weight is 306 g/mol. The molecule has 0 bridgehead atoms. The summed E-state index contributed by atoms with van der Waals surface area (Å²) in [6.45, 7) is 1.01. The highest BCUT2D eigenvalue weighted by Crippen LogP contribution is 2.39. The van der Waals surface area contributed by atoms with Crippen LogP contribution in [0.4, 0.5) is 0 Å². The molecule has 4 nitrogen and oxygen atoms in total. The van der Waals surface area contributed by atoms with Gasteiger partial charge in [-0.25, -0.2) is 4.98 Å². The fourth-order valence-corrected chi connectivity index (χ4v) is 2.47. The normalized spacial score (nSPS) is 18.6. The fraction of sp³-hybridized carbons (Fsp3) is 0.500. The van der Waals surface area contributed by atoms with Crippen LogP contribution in [0.3, 0.4) is 0 Å². The van der Waals surface area contributed by atoms with E-state index in [2.05, 4.69) is 20.9 Å². The third-order valence-electron chi connectivity index (χ3n) is 2.14. The Balaban J connectivity index is 2.25. The van der Waals surface area contributed by atoms with Crippen molar-refractivity contribution in [2.75, 3.05) is 26.6 Å². The van der Waals surface area contributed by atoms with Gasteiger partial charge in [0.15, 0.2) is 22.2 Å². The first-order chi connectivity index (χ1) is 7.74. The Morgan fingerprint density at radius 3 is 3.19 bits per heavy atom. The predicted molar refractivity (Wildman–Crippen MR) is 65.5 cm³/mol. The van der Waals surface area contributed by atoms with Gasteiger partial charge in [-0.05, 0) is 22.2 Å². The van der Waals surface area contributed by atoms with E-state index in [0.717, 1.165) is 10.8 Å². The van der Waals surface area contributed by atoms with Crippen LogP contribution in [-0.4, -0.2) is 37.7 Å². The van der Waals surface area contributed by atoms with Crippen molar-refractivity contribution >= 4 is 27.7 Å². The van der Waals surface area contributed by atoms with Gasteiger partial charge in [-0.15, -0.1) is 11.8 Å². The first-order valence-corrected chi connectivity index (χ1v) is 6.79. The first-order valence-electron chi connectivity index (χ1n) is 4.77. The smallest absolute Gasteiger partial charge is 0.194 e. The quantitative estimate of drug-likeness (QED) is 0.633. The Hall–Kier alpha value is -0.460. The number of methoxy groups -OCH3 is 1. The number of nitrogens with zero attached hydrogens (tertiary/aromatic N) is 1. The third-order valence-corrected chi connectivity index (χ3v) is 3.31. The molecule has 1 aliphatic rings. The molecule has 2 rings (SSSR count). The van der Waals surface area contributed by atoms with Crippen LogP contribution in [0.15, 0.2) is 15.7 Å². The van der Waals surface area contributed by atoms with Gasteiger partial charge in [0.05, 0.1) is 6.61 Å². The second kappa shape index (κ2) is 5.25. The maximum absolute atomic E-state index is 5.76. The molecule has 1 atom stereocenters. The molecule has 0 aliphatic carbocycles. The lowest BCUT2D eigenvalue weighted by Crippen LogP contribution is -2.33. The van der Waals surface area contributed by atoms with Gasteiger partial charge in [0.2, 0.25) is 0 Å². The lowest BCUT2D eigenvalue weighted by molar-refractivity contribution is 0.0261. The Morgan fingerprint density at radius 2 is 2.50 bits per heavy atom. The zero-order valence-electron chi connectivity index (χ0n) is 9.03. The number of thioether (sulfide) groups is 1. The molecule has 0 radical (unpaired) electrons. The van der Waals surface area contributed by atoms with E-state index < -0.39 is 0 Å². The highest BCUT2D eigenvalue weighted by atomic mass is 79.9. The van der Waals surface area contributed by atoms with Gasteiger partial charge in [-0.3, -0.25) is 0 Å². The molecule has 0 saturated heterocycles. The molecule has 0 fully saturated rings. The highest BCUT2D eigenvalue weighted by molar-refractivity contribution is 9.10. The summed E-state index contributed by atoms with van der Waals surface area (Å²) in [7, 11) is 1.65. The minimum atomic E-state index is -0.0542. The van der Waals surface area contributed by atoms with Crippen LogP contribution in [0.5, 0.6) is 11.5 Å². The lowest BCUT2D eigenvalue weighted by Gasteiger charge is -2.26. The van der Waals surface area contributed by atoms with Crippen LogP contribution in [0.1, 0.15) is 0 Å². The molecule has 16 heavy (non-hydrogen) atoms. The summed E-state index contributed by atoms with van der Waals surface area (Å²) in [6.07, 6.45) is 1.92. The molecular formula is C10H12BrNO3S. The average Bonchev–Trinajstić information content (AvgIpc) is 2.29. The Kier molecular flexibility index (Phi) is 3.94. The molecule has 0 amide bonds. The Morgan fingerprint density at radius 1 is 1.69 bits per heavy atom. The minimum absolute atomic E-state index is 0.0542. The molecule has 1 aromatic rings.